The number of ketones is 1. The number of carbonyl (C=O) groups excluding carboxylic acids is 1. The molecule has 2 aliphatic heterocycles. The Morgan fingerprint density at radius 3 is 2.18 bits per heavy atom. The van der Waals surface area contributed by atoms with Gasteiger partial charge in [-0.2, -0.15) is 5.26 Å². The Kier molecular flexibility index (Phi) is 6.60. The number of nitrogens with zero attached hydrogens (tertiary/aromatic N) is 1. The second-order valence-corrected chi connectivity index (χ2v) is 23.3. The lowest BCUT2D eigenvalue weighted by Gasteiger charge is -2.56. The predicted molar refractivity (Wildman–Crippen MR) is 137 cm³/mol. The van der Waals surface area contributed by atoms with E-state index in [2.05, 4.69) is 80.7 Å². The van der Waals surface area contributed by atoms with Gasteiger partial charge in [0.1, 0.15) is 5.60 Å². The Hall–Kier alpha value is -0.786. The van der Waals surface area contributed by atoms with Gasteiger partial charge in [-0.25, -0.2) is 0 Å². The van der Waals surface area contributed by atoms with Gasteiger partial charge in [0.2, 0.25) is 0 Å². The van der Waals surface area contributed by atoms with Crippen LogP contribution in [0.25, 0.3) is 0 Å². The van der Waals surface area contributed by atoms with E-state index in [1.807, 2.05) is 0 Å². The van der Waals surface area contributed by atoms with Crippen LogP contribution < -0.4 is 0 Å². The van der Waals surface area contributed by atoms with Gasteiger partial charge in [0.05, 0.1) is 23.9 Å². The third kappa shape index (κ3) is 4.14. The summed E-state index contributed by atoms with van der Waals surface area (Å²) in [5.74, 6) is -0.104. The first-order valence-electron chi connectivity index (χ1n) is 12.5. The van der Waals surface area contributed by atoms with Gasteiger partial charge in [0.15, 0.2) is 22.4 Å². The van der Waals surface area contributed by atoms with Gasteiger partial charge in [-0.1, -0.05) is 48.5 Å². The van der Waals surface area contributed by atoms with Crippen molar-refractivity contribution in [1.82, 2.24) is 0 Å². The van der Waals surface area contributed by atoms with Gasteiger partial charge in [0, 0.05) is 24.0 Å². The topological polar surface area (TPSA) is 68.6 Å². The molecule has 0 unspecified atom stereocenters. The van der Waals surface area contributed by atoms with Crippen LogP contribution in [0.2, 0.25) is 36.3 Å². The molecule has 1 spiro atoms. The Balaban J connectivity index is 2.01. The van der Waals surface area contributed by atoms with Gasteiger partial charge in [-0.05, 0) is 55.5 Å². The van der Waals surface area contributed by atoms with Crippen molar-refractivity contribution in [2.75, 3.05) is 6.61 Å². The number of nitriles is 1. The minimum Gasteiger partial charge on any atom is -0.416 e. The second kappa shape index (κ2) is 8.13. The quantitative estimate of drug-likeness (QED) is 0.418. The van der Waals surface area contributed by atoms with Crippen molar-refractivity contribution >= 4 is 22.4 Å². The Morgan fingerprint density at radius 1 is 1.09 bits per heavy atom. The van der Waals surface area contributed by atoms with Crippen molar-refractivity contribution in [2.24, 2.45) is 11.3 Å². The summed E-state index contributed by atoms with van der Waals surface area (Å²) in [7, 11) is -4.05. The molecule has 33 heavy (non-hydrogen) atoms. The monoisotopic (exact) mass is 491 g/mol. The van der Waals surface area contributed by atoms with E-state index in [0.717, 1.165) is 12.8 Å². The summed E-state index contributed by atoms with van der Waals surface area (Å²) in [6.45, 7) is 25.2. The summed E-state index contributed by atoms with van der Waals surface area (Å²) in [6.07, 6.45) is 3.53. The summed E-state index contributed by atoms with van der Waals surface area (Å²) in [6, 6.07) is 2.22. The third-order valence-electron chi connectivity index (χ3n) is 9.67. The Bertz CT molecular complexity index is 876. The fraction of sp³-hybridized carbons (Fsp3) is 0.846. The molecule has 1 saturated heterocycles. The molecule has 2 bridgehead atoms. The van der Waals surface area contributed by atoms with Crippen LogP contribution in [0.4, 0.5) is 0 Å². The standard InChI is InChI=1S/C26H45NO4Si2/c1-23(2,3)32(8,9)29-17-19-12-13-22(31-33(10,11)24(4,5)6)25(7)15-20-18(16-27)14-21(28)26(19,25)30-20/h14,19-20,22H,12-13,15,17H2,1-11H3/t19-,20-,22+,25-,26-/m1/s1. The van der Waals surface area contributed by atoms with Crippen LogP contribution in [0.3, 0.4) is 0 Å². The van der Waals surface area contributed by atoms with Crippen molar-refractivity contribution < 1.29 is 18.4 Å². The number of hydrogen-bond donors (Lipinski definition) is 0. The first-order chi connectivity index (χ1) is 14.8. The molecule has 0 amide bonds. The molecule has 3 rings (SSSR count). The van der Waals surface area contributed by atoms with Crippen LogP contribution in [0.1, 0.15) is 67.7 Å². The molecule has 2 heterocycles. The molecule has 0 radical (unpaired) electrons. The van der Waals surface area contributed by atoms with Gasteiger partial charge < -0.3 is 13.6 Å². The number of rotatable bonds is 5. The van der Waals surface area contributed by atoms with Crippen molar-refractivity contribution in [3.8, 4) is 6.07 Å². The zero-order valence-corrected chi connectivity index (χ0v) is 24.7. The summed E-state index contributed by atoms with van der Waals surface area (Å²) >= 11 is 0. The fourth-order valence-electron chi connectivity index (χ4n) is 5.35. The molecule has 0 N–H and O–H groups in total. The average molecular weight is 492 g/mol. The van der Waals surface area contributed by atoms with Crippen molar-refractivity contribution in [2.45, 2.75) is 122 Å². The summed E-state index contributed by atoms with van der Waals surface area (Å²) < 4.78 is 20.3. The molecular formula is C26H45NO4Si2. The molecule has 3 aliphatic rings. The lowest BCUT2D eigenvalue weighted by Crippen LogP contribution is -2.66. The van der Waals surface area contributed by atoms with E-state index < -0.39 is 27.7 Å². The molecule has 2 fully saturated rings. The zero-order valence-electron chi connectivity index (χ0n) is 22.7. The smallest absolute Gasteiger partial charge is 0.192 e. The van der Waals surface area contributed by atoms with Crippen molar-refractivity contribution in [3.63, 3.8) is 0 Å². The summed E-state index contributed by atoms with van der Waals surface area (Å²) in [5.41, 5.74) is -1.01. The van der Waals surface area contributed by atoms with Crippen LogP contribution in [-0.2, 0) is 18.4 Å². The Morgan fingerprint density at radius 2 is 1.67 bits per heavy atom. The highest BCUT2D eigenvalue weighted by atomic mass is 28.4. The molecule has 5 atom stereocenters. The molecule has 186 valence electrons. The highest BCUT2D eigenvalue weighted by Crippen LogP contribution is 2.62. The van der Waals surface area contributed by atoms with E-state index in [-0.39, 0.29) is 34.0 Å². The molecule has 7 heteroatoms. The van der Waals surface area contributed by atoms with E-state index >= 15 is 0 Å². The number of carbonyl (C=O) groups is 1. The van der Waals surface area contributed by atoms with Gasteiger partial charge >= 0.3 is 0 Å². The minimum absolute atomic E-state index is 0.0371. The third-order valence-corrected chi connectivity index (χ3v) is 18.7. The molecule has 1 saturated carbocycles. The molecule has 0 aromatic rings. The predicted octanol–water partition coefficient (Wildman–Crippen LogP) is 6.38. The minimum atomic E-state index is -2.06. The molecule has 5 nitrogen and oxygen atoms in total. The maximum atomic E-state index is 13.8. The van der Waals surface area contributed by atoms with Crippen molar-refractivity contribution in [3.05, 3.63) is 11.6 Å². The van der Waals surface area contributed by atoms with E-state index in [1.54, 1.807) is 6.08 Å². The summed E-state index contributed by atoms with van der Waals surface area (Å²) in [4.78, 5) is 13.8. The van der Waals surface area contributed by atoms with E-state index in [9.17, 15) is 10.1 Å². The van der Waals surface area contributed by atoms with Crippen LogP contribution >= 0.6 is 0 Å². The first kappa shape index (κ1) is 26.8. The van der Waals surface area contributed by atoms with Crippen LogP contribution in [0, 0.1) is 22.7 Å². The zero-order chi connectivity index (χ0) is 25.3. The lowest BCUT2D eigenvalue weighted by atomic mass is 9.56. The largest absolute Gasteiger partial charge is 0.416 e. The van der Waals surface area contributed by atoms with Crippen molar-refractivity contribution in [1.29, 1.82) is 5.26 Å². The van der Waals surface area contributed by atoms with Gasteiger partial charge in [0.25, 0.3) is 0 Å². The van der Waals surface area contributed by atoms with Crippen LogP contribution in [-0.4, -0.2) is 46.8 Å². The molecular weight excluding hydrogens is 446 g/mol. The maximum Gasteiger partial charge on any atom is 0.192 e. The second-order valence-electron chi connectivity index (χ2n) is 13.8. The van der Waals surface area contributed by atoms with Crippen LogP contribution in [0.5, 0.6) is 0 Å². The SMILES string of the molecule is CC(C)(C)[Si](C)(C)OC[C@H]1CC[C@H](O[Si](C)(C)C(C)(C)C)[C@@]2(C)C[C@H]3O[C@@]12C(=O)C=C3C#N. The molecule has 0 aromatic heterocycles. The first-order valence-corrected chi connectivity index (χ1v) is 18.3. The maximum absolute atomic E-state index is 13.8. The van der Waals surface area contributed by atoms with Gasteiger partial charge in [-0.15, -0.1) is 0 Å². The molecule has 0 aromatic carbocycles. The van der Waals surface area contributed by atoms with E-state index in [0.29, 0.717) is 18.6 Å². The number of ether oxygens (including phenoxy) is 1. The van der Waals surface area contributed by atoms with E-state index in [4.69, 9.17) is 13.6 Å². The van der Waals surface area contributed by atoms with Crippen LogP contribution in [0.15, 0.2) is 11.6 Å². The summed E-state index contributed by atoms with van der Waals surface area (Å²) in [5, 5.41) is 9.85. The van der Waals surface area contributed by atoms with Gasteiger partial charge in [-0.3, -0.25) is 4.79 Å². The number of hydrogen-bond acceptors (Lipinski definition) is 5. The highest BCUT2D eigenvalue weighted by molar-refractivity contribution is 6.74. The lowest BCUT2D eigenvalue weighted by molar-refractivity contribution is -0.188. The number of fused-ring (bicyclic) bond motifs is 1. The van der Waals surface area contributed by atoms with E-state index in [1.165, 1.54) is 0 Å². The highest BCUT2D eigenvalue weighted by Gasteiger charge is 2.71. The molecule has 1 aliphatic carbocycles. The Labute approximate surface area is 203 Å². The fourth-order valence-corrected chi connectivity index (χ4v) is 7.85. The normalized spacial score (nSPS) is 35.2. The average Bonchev–Trinajstić information content (AvgIpc) is 2.94.